The number of hydrogen-bond donors (Lipinski definition) is 0. The summed E-state index contributed by atoms with van der Waals surface area (Å²) in [7, 11) is 0. The van der Waals surface area contributed by atoms with E-state index in [2.05, 4.69) is 38.1 Å². The lowest BCUT2D eigenvalue weighted by atomic mass is 10.0. The summed E-state index contributed by atoms with van der Waals surface area (Å²) >= 11 is 6.45. The van der Waals surface area contributed by atoms with Crippen molar-refractivity contribution < 1.29 is 4.42 Å². The van der Waals surface area contributed by atoms with Gasteiger partial charge >= 0.3 is 0 Å². The van der Waals surface area contributed by atoms with Gasteiger partial charge in [-0.3, -0.25) is 0 Å². The van der Waals surface area contributed by atoms with Gasteiger partial charge in [-0.1, -0.05) is 36.8 Å². The molecule has 1 aromatic carbocycles. The fourth-order valence-corrected chi connectivity index (χ4v) is 2.12. The first-order valence-corrected chi connectivity index (χ1v) is 5.93. The molecule has 16 heavy (non-hydrogen) atoms. The molecule has 0 radical (unpaired) electrons. The third-order valence-electron chi connectivity index (χ3n) is 2.74. The van der Waals surface area contributed by atoms with E-state index in [0.29, 0.717) is 0 Å². The van der Waals surface area contributed by atoms with Gasteiger partial charge in [0.25, 0.3) is 0 Å². The van der Waals surface area contributed by atoms with E-state index in [1.54, 1.807) is 6.26 Å². The second-order valence-corrected chi connectivity index (χ2v) is 4.36. The Labute approximate surface area is 101 Å². The van der Waals surface area contributed by atoms with Gasteiger partial charge in [0.2, 0.25) is 0 Å². The van der Waals surface area contributed by atoms with Crippen molar-refractivity contribution in [1.82, 2.24) is 0 Å². The molecule has 1 unspecified atom stereocenters. The third kappa shape index (κ3) is 2.14. The molecule has 0 aliphatic heterocycles. The van der Waals surface area contributed by atoms with Crippen LogP contribution in [0.3, 0.4) is 0 Å². The summed E-state index contributed by atoms with van der Waals surface area (Å²) in [6, 6.07) is 10.3. The van der Waals surface area contributed by atoms with Gasteiger partial charge in [-0.2, -0.15) is 0 Å². The van der Waals surface area contributed by atoms with Crippen LogP contribution in [0.2, 0.25) is 0 Å². The quantitative estimate of drug-likeness (QED) is 0.714. The van der Waals surface area contributed by atoms with Crippen LogP contribution in [0.5, 0.6) is 0 Å². The predicted molar refractivity (Wildman–Crippen MR) is 67.0 cm³/mol. The van der Waals surface area contributed by atoms with E-state index in [1.165, 1.54) is 5.56 Å². The molecule has 0 aliphatic carbocycles. The fourth-order valence-electron chi connectivity index (χ4n) is 1.78. The van der Waals surface area contributed by atoms with Crippen LogP contribution in [0, 0.1) is 6.92 Å². The van der Waals surface area contributed by atoms with Gasteiger partial charge < -0.3 is 4.42 Å². The highest BCUT2D eigenvalue weighted by molar-refractivity contribution is 6.22. The van der Waals surface area contributed by atoms with E-state index in [0.717, 1.165) is 23.3 Å². The zero-order valence-electron chi connectivity index (χ0n) is 9.53. The minimum absolute atomic E-state index is 0.116. The molecule has 0 fully saturated rings. The number of benzene rings is 1. The van der Waals surface area contributed by atoms with Gasteiger partial charge in [-0.05, 0) is 18.6 Å². The average molecular weight is 235 g/mol. The van der Waals surface area contributed by atoms with Crippen LogP contribution in [0.15, 0.2) is 41.0 Å². The van der Waals surface area contributed by atoms with Gasteiger partial charge in [0.05, 0.1) is 11.6 Å². The molecule has 0 amide bonds. The SMILES string of the molecule is CCc1occc1C(Cl)c1ccc(C)cc1. The highest BCUT2D eigenvalue weighted by atomic mass is 35.5. The molecule has 1 nitrogen and oxygen atoms in total. The summed E-state index contributed by atoms with van der Waals surface area (Å²) in [5, 5.41) is -0.116. The van der Waals surface area contributed by atoms with Crippen molar-refractivity contribution >= 4 is 11.6 Å². The van der Waals surface area contributed by atoms with E-state index in [-0.39, 0.29) is 5.38 Å². The fraction of sp³-hybridized carbons (Fsp3) is 0.286. The Morgan fingerprint density at radius 1 is 1.19 bits per heavy atom. The molecule has 0 aliphatic rings. The monoisotopic (exact) mass is 234 g/mol. The van der Waals surface area contributed by atoms with Gasteiger partial charge in [0.15, 0.2) is 0 Å². The molecule has 0 spiro atoms. The molecule has 2 aromatic rings. The van der Waals surface area contributed by atoms with Crippen molar-refractivity contribution in [2.75, 3.05) is 0 Å². The average Bonchev–Trinajstić information content (AvgIpc) is 2.77. The maximum Gasteiger partial charge on any atom is 0.108 e. The Kier molecular flexibility index (Phi) is 3.35. The molecule has 1 aromatic heterocycles. The third-order valence-corrected chi connectivity index (χ3v) is 3.23. The predicted octanol–water partition coefficient (Wildman–Crippen LogP) is 4.48. The molecular weight excluding hydrogens is 220 g/mol. The normalized spacial score (nSPS) is 12.7. The molecule has 1 heterocycles. The maximum absolute atomic E-state index is 6.45. The number of hydrogen-bond acceptors (Lipinski definition) is 1. The number of alkyl halides is 1. The number of halogens is 1. The first-order valence-electron chi connectivity index (χ1n) is 5.49. The minimum Gasteiger partial charge on any atom is -0.469 e. The van der Waals surface area contributed by atoms with Crippen LogP contribution in [-0.2, 0) is 6.42 Å². The topological polar surface area (TPSA) is 13.1 Å². The highest BCUT2D eigenvalue weighted by Crippen LogP contribution is 2.32. The first kappa shape index (κ1) is 11.3. The molecule has 0 bridgehead atoms. The van der Waals surface area contributed by atoms with E-state index in [4.69, 9.17) is 16.0 Å². The van der Waals surface area contributed by atoms with Crippen LogP contribution in [0.1, 0.15) is 34.8 Å². The van der Waals surface area contributed by atoms with Crippen LogP contribution >= 0.6 is 11.6 Å². The number of furan rings is 1. The smallest absolute Gasteiger partial charge is 0.108 e. The molecule has 84 valence electrons. The van der Waals surface area contributed by atoms with Crippen LogP contribution in [0.4, 0.5) is 0 Å². The minimum atomic E-state index is -0.116. The molecule has 0 N–H and O–H groups in total. The summed E-state index contributed by atoms with van der Waals surface area (Å²) in [6.07, 6.45) is 2.58. The van der Waals surface area contributed by atoms with Gasteiger partial charge in [-0.15, -0.1) is 11.6 Å². The Balaban J connectivity index is 2.31. The molecule has 2 heteroatoms. The number of rotatable bonds is 3. The van der Waals surface area contributed by atoms with E-state index in [1.807, 2.05) is 6.07 Å². The van der Waals surface area contributed by atoms with E-state index >= 15 is 0 Å². The summed E-state index contributed by atoms with van der Waals surface area (Å²) in [5.74, 6) is 0.973. The van der Waals surface area contributed by atoms with E-state index < -0.39 is 0 Å². The van der Waals surface area contributed by atoms with Crippen LogP contribution < -0.4 is 0 Å². The number of aryl methyl sites for hydroxylation is 2. The maximum atomic E-state index is 6.45. The van der Waals surface area contributed by atoms with Crippen molar-refractivity contribution in [1.29, 1.82) is 0 Å². The van der Waals surface area contributed by atoms with Gasteiger partial charge in [0.1, 0.15) is 5.76 Å². The standard InChI is InChI=1S/C14H15ClO/c1-3-13-12(8-9-16-13)14(15)11-6-4-10(2)5-7-11/h4-9,14H,3H2,1-2H3. The van der Waals surface area contributed by atoms with E-state index in [9.17, 15) is 0 Å². The van der Waals surface area contributed by atoms with Crippen LogP contribution in [0.25, 0.3) is 0 Å². The second kappa shape index (κ2) is 4.75. The van der Waals surface area contributed by atoms with Crippen molar-refractivity contribution in [3.63, 3.8) is 0 Å². The largest absolute Gasteiger partial charge is 0.469 e. The van der Waals surface area contributed by atoms with Crippen molar-refractivity contribution in [3.8, 4) is 0 Å². The Hall–Kier alpha value is -1.21. The Morgan fingerprint density at radius 3 is 2.50 bits per heavy atom. The van der Waals surface area contributed by atoms with Gasteiger partial charge in [0, 0.05) is 12.0 Å². The lowest BCUT2D eigenvalue weighted by Crippen LogP contribution is -1.95. The zero-order chi connectivity index (χ0) is 11.5. The molecule has 1 atom stereocenters. The summed E-state index contributed by atoms with van der Waals surface area (Å²) in [6.45, 7) is 4.14. The molecule has 0 saturated heterocycles. The second-order valence-electron chi connectivity index (χ2n) is 3.93. The Morgan fingerprint density at radius 2 is 1.88 bits per heavy atom. The lowest BCUT2D eigenvalue weighted by Gasteiger charge is -2.09. The molecule has 2 rings (SSSR count). The first-order chi connectivity index (χ1) is 7.72. The van der Waals surface area contributed by atoms with Gasteiger partial charge in [-0.25, -0.2) is 0 Å². The van der Waals surface area contributed by atoms with Crippen molar-refractivity contribution in [3.05, 3.63) is 59.0 Å². The van der Waals surface area contributed by atoms with Crippen molar-refractivity contribution in [2.45, 2.75) is 25.6 Å². The van der Waals surface area contributed by atoms with Crippen molar-refractivity contribution in [2.24, 2.45) is 0 Å². The molecular formula is C14H15ClO. The summed E-state index contributed by atoms with van der Waals surface area (Å²) in [4.78, 5) is 0. The molecule has 0 saturated carbocycles. The highest BCUT2D eigenvalue weighted by Gasteiger charge is 2.16. The summed E-state index contributed by atoms with van der Waals surface area (Å²) in [5.41, 5.74) is 3.44. The van der Waals surface area contributed by atoms with Crippen LogP contribution in [-0.4, -0.2) is 0 Å². The summed E-state index contributed by atoms with van der Waals surface area (Å²) < 4.78 is 5.40. The lowest BCUT2D eigenvalue weighted by molar-refractivity contribution is 0.512. The Bertz CT molecular complexity index is 456. The zero-order valence-corrected chi connectivity index (χ0v) is 10.3.